The lowest BCUT2D eigenvalue weighted by Crippen LogP contribution is -2.23. The van der Waals surface area contributed by atoms with Gasteiger partial charge in [-0.1, -0.05) is 11.3 Å². The zero-order valence-corrected chi connectivity index (χ0v) is 10.9. The van der Waals surface area contributed by atoms with Gasteiger partial charge in [0.15, 0.2) is 10.2 Å². The maximum Gasteiger partial charge on any atom is 0.350 e. The van der Waals surface area contributed by atoms with Crippen LogP contribution in [0.5, 0.6) is 0 Å². The van der Waals surface area contributed by atoms with Crippen LogP contribution in [-0.2, 0) is 4.74 Å². The third kappa shape index (κ3) is 3.14. The molecule has 0 aliphatic heterocycles. The summed E-state index contributed by atoms with van der Waals surface area (Å²) >= 11 is 6.16. The van der Waals surface area contributed by atoms with Gasteiger partial charge in [0.05, 0.1) is 12.3 Å². The zero-order valence-electron chi connectivity index (χ0n) is 9.29. The Hall–Kier alpha value is -1.21. The number of thiocarbonyl (C=S) groups is 1. The lowest BCUT2D eigenvalue weighted by Gasteiger charge is -2.01. The van der Waals surface area contributed by atoms with Crippen molar-refractivity contribution >= 4 is 39.8 Å². The number of rotatable bonds is 3. The van der Waals surface area contributed by atoms with Crippen LogP contribution < -0.4 is 10.6 Å². The van der Waals surface area contributed by atoms with Gasteiger partial charge in [-0.2, -0.15) is 0 Å². The summed E-state index contributed by atoms with van der Waals surface area (Å²) in [6.07, 6.45) is 0. The number of ether oxygens (including phenoxy) is 1. The third-order valence-corrected chi connectivity index (χ3v) is 3.06. The fourth-order valence-electron chi connectivity index (χ4n) is 0.996. The van der Waals surface area contributed by atoms with E-state index in [2.05, 4.69) is 15.6 Å². The Morgan fingerprint density at radius 3 is 2.88 bits per heavy atom. The van der Waals surface area contributed by atoms with E-state index >= 15 is 0 Å². The van der Waals surface area contributed by atoms with E-state index in [4.69, 9.17) is 17.0 Å². The van der Waals surface area contributed by atoms with Gasteiger partial charge in [0.25, 0.3) is 0 Å². The van der Waals surface area contributed by atoms with Crippen molar-refractivity contribution in [2.24, 2.45) is 0 Å². The van der Waals surface area contributed by atoms with Crippen molar-refractivity contribution in [2.45, 2.75) is 13.8 Å². The minimum Gasteiger partial charge on any atom is -0.462 e. The highest BCUT2D eigenvalue weighted by molar-refractivity contribution is 7.80. The summed E-state index contributed by atoms with van der Waals surface area (Å²) in [5.41, 5.74) is 0.643. The Kier molecular flexibility index (Phi) is 4.63. The summed E-state index contributed by atoms with van der Waals surface area (Å²) in [6.45, 7) is 3.88. The van der Waals surface area contributed by atoms with Gasteiger partial charge in [-0.05, 0) is 26.1 Å². The first-order valence-electron chi connectivity index (χ1n) is 4.71. The molecule has 0 atom stereocenters. The Bertz CT molecular complexity index is 403. The Balaban J connectivity index is 2.81. The molecule has 7 heteroatoms. The van der Waals surface area contributed by atoms with Crippen molar-refractivity contribution < 1.29 is 9.53 Å². The molecule has 1 aromatic rings. The third-order valence-electron chi connectivity index (χ3n) is 1.70. The van der Waals surface area contributed by atoms with Crippen LogP contribution in [-0.4, -0.2) is 29.7 Å². The number of nitrogens with zero attached hydrogens (tertiary/aromatic N) is 1. The lowest BCUT2D eigenvalue weighted by molar-refractivity contribution is 0.0531. The molecule has 0 aliphatic rings. The molecule has 1 heterocycles. The topological polar surface area (TPSA) is 63.2 Å². The highest BCUT2D eigenvalue weighted by Gasteiger charge is 2.16. The second-order valence-corrected chi connectivity index (χ2v) is 4.27. The minimum atomic E-state index is -0.346. The molecule has 0 spiro atoms. The first kappa shape index (κ1) is 12.9. The second-order valence-electron chi connectivity index (χ2n) is 2.86. The molecular weight excluding hydrogens is 246 g/mol. The van der Waals surface area contributed by atoms with Crippen LogP contribution in [0.25, 0.3) is 0 Å². The molecule has 0 saturated carbocycles. The number of carbonyl (C=O) groups excluding carboxylic acids is 1. The number of aromatic nitrogens is 1. The molecule has 0 unspecified atom stereocenters. The van der Waals surface area contributed by atoms with Crippen LogP contribution in [0.2, 0.25) is 0 Å². The summed E-state index contributed by atoms with van der Waals surface area (Å²) in [5, 5.41) is 6.68. The standard InChI is InChI=1S/C9H13N3O2S2/c1-4-14-7(13)6-5(2)11-9(16-6)12-8(15)10-3/h4H2,1-3H3,(H2,10,11,12,15). The fraction of sp³-hybridized carbons (Fsp3) is 0.444. The van der Waals surface area contributed by atoms with E-state index in [1.54, 1.807) is 20.9 Å². The van der Waals surface area contributed by atoms with Crippen molar-refractivity contribution in [3.05, 3.63) is 10.6 Å². The molecule has 0 fully saturated rings. The van der Waals surface area contributed by atoms with Gasteiger partial charge < -0.3 is 15.4 Å². The summed E-state index contributed by atoms with van der Waals surface area (Å²) < 4.78 is 4.91. The molecule has 0 aromatic carbocycles. The van der Waals surface area contributed by atoms with Gasteiger partial charge in [-0.15, -0.1) is 0 Å². The molecule has 0 bridgehead atoms. The smallest absolute Gasteiger partial charge is 0.350 e. The molecule has 0 amide bonds. The molecule has 5 nitrogen and oxygen atoms in total. The molecule has 88 valence electrons. The van der Waals surface area contributed by atoms with Crippen LogP contribution in [0, 0.1) is 6.92 Å². The molecule has 2 N–H and O–H groups in total. The van der Waals surface area contributed by atoms with E-state index in [1.165, 1.54) is 11.3 Å². The van der Waals surface area contributed by atoms with Crippen LogP contribution in [0.1, 0.15) is 22.3 Å². The molecule has 0 aliphatic carbocycles. The quantitative estimate of drug-likeness (QED) is 0.634. The molecule has 16 heavy (non-hydrogen) atoms. The van der Waals surface area contributed by atoms with E-state index in [1.807, 2.05) is 0 Å². The predicted octanol–water partition coefficient (Wildman–Crippen LogP) is 1.54. The Morgan fingerprint density at radius 1 is 1.62 bits per heavy atom. The first-order valence-corrected chi connectivity index (χ1v) is 5.94. The predicted molar refractivity (Wildman–Crippen MR) is 68.1 cm³/mol. The number of nitrogens with one attached hydrogen (secondary N) is 2. The SMILES string of the molecule is CCOC(=O)c1sc(NC(=S)NC)nc1C. The number of anilines is 1. The van der Waals surface area contributed by atoms with Crippen LogP contribution in [0.4, 0.5) is 5.13 Å². The Labute approximate surface area is 103 Å². The van der Waals surface area contributed by atoms with Gasteiger partial charge in [0, 0.05) is 7.05 Å². The Morgan fingerprint density at radius 2 is 2.31 bits per heavy atom. The van der Waals surface area contributed by atoms with Gasteiger partial charge in [0.1, 0.15) is 4.88 Å². The zero-order chi connectivity index (χ0) is 12.1. The number of thiazole rings is 1. The molecule has 1 aromatic heterocycles. The number of carbonyl (C=O) groups is 1. The van der Waals surface area contributed by atoms with E-state index in [0.29, 0.717) is 27.4 Å². The van der Waals surface area contributed by atoms with Crippen LogP contribution >= 0.6 is 23.6 Å². The van der Waals surface area contributed by atoms with E-state index in [-0.39, 0.29) is 5.97 Å². The maximum absolute atomic E-state index is 11.5. The molecule has 1 rings (SSSR count). The summed E-state index contributed by atoms with van der Waals surface area (Å²) in [7, 11) is 1.71. The average Bonchev–Trinajstić information content (AvgIpc) is 2.59. The normalized spacial score (nSPS) is 9.69. The fourth-order valence-corrected chi connectivity index (χ4v) is 2.02. The number of esters is 1. The summed E-state index contributed by atoms with van der Waals surface area (Å²) in [5.74, 6) is -0.346. The summed E-state index contributed by atoms with van der Waals surface area (Å²) in [6, 6.07) is 0. The van der Waals surface area contributed by atoms with Crippen molar-refractivity contribution in [1.29, 1.82) is 0 Å². The van der Waals surface area contributed by atoms with Crippen LogP contribution in [0.15, 0.2) is 0 Å². The van der Waals surface area contributed by atoms with Crippen molar-refractivity contribution in [3.63, 3.8) is 0 Å². The first-order chi connectivity index (χ1) is 7.58. The molecule has 0 radical (unpaired) electrons. The van der Waals surface area contributed by atoms with Crippen molar-refractivity contribution in [1.82, 2.24) is 10.3 Å². The maximum atomic E-state index is 11.5. The van der Waals surface area contributed by atoms with Gasteiger partial charge in [-0.3, -0.25) is 0 Å². The second kappa shape index (κ2) is 5.76. The van der Waals surface area contributed by atoms with Gasteiger partial charge in [0.2, 0.25) is 0 Å². The molecular formula is C9H13N3O2S2. The summed E-state index contributed by atoms with van der Waals surface area (Å²) in [4.78, 5) is 16.2. The monoisotopic (exact) mass is 259 g/mol. The average molecular weight is 259 g/mol. The van der Waals surface area contributed by atoms with Crippen LogP contribution in [0.3, 0.4) is 0 Å². The largest absolute Gasteiger partial charge is 0.462 e. The van der Waals surface area contributed by atoms with E-state index in [0.717, 1.165) is 0 Å². The number of hydrogen-bond donors (Lipinski definition) is 2. The highest BCUT2D eigenvalue weighted by Crippen LogP contribution is 2.23. The van der Waals surface area contributed by atoms with E-state index < -0.39 is 0 Å². The molecule has 0 saturated heterocycles. The number of aryl methyl sites for hydroxylation is 1. The van der Waals surface area contributed by atoms with Gasteiger partial charge in [-0.25, -0.2) is 9.78 Å². The lowest BCUT2D eigenvalue weighted by atomic mass is 10.4. The minimum absolute atomic E-state index is 0.346. The van der Waals surface area contributed by atoms with Gasteiger partial charge >= 0.3 is 5.97 Å². The van der Waals surface area contributed by atoms with E-state index in [9.17, 15) is 4.79 Å². The number of hydrogen-bond acceptors (Lipinski definition) is 5. The van der Waals surface area contributed by atoms with Crippen molar-refractivity contribution in [3.8, 4) is 0 Å². The van der Waals surface area contributed by atoms with Crippen molar-refractivity contribution in [2.75, 3.05) is 19.0 Å². The highest BCUT2D eigenvalue weighted by atomic mass is 32.1.